The molecule has 0 heterocycles. The molecule has 0 aromatic carbocycles. The lowest BCUT2D eigenvalue weighted by Crippen LogP contribution is -2.36. The highest BCUT2D eigenvalue weighted by atomic mass is 19.1. The first-order valence-electron chi connectivity index (χ1n) is 4.99. The molecule has 0 aromatic heterocycles. The van der Waals surface area contributed by atoms with Crippen LogP contribution >= 0.6 is 0 Å². The van der Waals surface area contributed by atoms with Gasteiger partial charge in [0.25, 0.3) is 0 Å². The lowest BCUT2D eigenvalue weighted by atomic mass is 10.1. The predicted octanol–water partition coefficient (Wildman–Crippen LogP) is 2.12. The average Bonchev–Trinajstić information content (AvgIpc) is 2.15. The topological polar surface area (TPSA) is 15.3 Å². The molecule has 1 N–H and O–H groups in total. The molecule has 0 saturated heterocycles. The van der Waals surface area contributed by atoms with Gasteiger partial charge in [-0.25, -0.2) is 4.39 Å². The summed E-state index contributed by atoms with van der Waals surface area (Å²) in [7, 11) is 5.91. The van der Waals surface area contributed by atoms with E-state index >= 15 is 0 Å². The third-order valence-electron chi connectivity index (χ3n) is 2.04. The van der Waals surface area contributed by atoms with E-state index < -0.39 is 0 Å². The molecule has 0 amide bonds. The van der Waals surface area contributed by atoms with Gasteiger partial charge in [-0.2, -0.15) is 0 Å². The molecule has 1 atom stereocenters. The minimum Gasteiger partial charge on any atom is -0.315 e. The fourth-order valence-corrected chi connectivity index (χ4v) is 1.33. The molecule has 86 valence electrons. The predicted molar refractivity (Wildman–Crippen MR) is 64.5 cm³/mol. The molecule has 0 saturated carbocycles. The zero-order chi connectivity index (χ0) is 11.8. The van der Waals surface area contributed by atoms with Crippen LogP contribution in [0, 0.1) is 0 Å². The molecule has 1 unspecified atom stereocenters. The van der Waals surface area contributed by atoms with Gasteiger partial charge in [0.1, 0.15) is 5.83 Å². The Hall–Kier alpha value is -0.930. The fraction of sp³-hybridized carbons (Fsp3) is 0.500. The van der Waals surface area contributed by atoms with Crippen molar-refractivity contribution in [1.82, 2.24) is 10.2 Å². The monoisotopic (exact) mass is 212 g/mol. The van der Waals surface area contributed by atoms with Gasteiger partial charge < -0.3 is 10.2 Å². The third kappa shape index (κ3) is 7.05. The fourth-order valence-electron chi connectivity index (χ4n) is 1.33. The summed E-state index contributed by atoms with van der Waals surface area (Å²) in [5.74, 6) is -0.334. The Bertz CT molecular complexity index is 244. The Balaban J connectivity index is 4.18. The second kappa shape index (κ2) is 7.37. The summed E-state index contributed by atoms with van der Waals surface area (Å²) >= 11 is 0. The Morgan fingerprint density at radius 3 is 2.53 bits per heavy atom. The largest absolute Gasteiger partial charge is 0.315 e. The maximum Gasteiger partial charge on any atom is 0.122 e. The molecule has 0 bridgehead atoms. The number of hydrogen-bond acceptors (Lipinski definition) is 2. The maximum absolute atomic E-state index is 12.9. The summed E-state index contributed by atoms with van der Waals surface area (Å²) in [6.45, 7) is 8.07. The Morgan fingerprint density at radius 2 is 2.13 bits per heavy atom. The second-order valence-corrected chi connectivity index (χ2v) is 3.84. The summed E-state index contributed by atoms with van der Waals surface area (Å²) in [6.07, 6.45) is 3.34. The summed E-state index contributed by atoms with van der Waals surface area (Å²) in [5, 5.41) is 3.18. The molecule has 3 heteroatoms. The number of allylic oxidation sites excluding steroid dienone is 3. The summed E-state index contributed by atoms with van der Waals surface area (Å²) in [4.78, 5) is 2.09. The van der Waals surface area contributed by atoms with Gasteiger partial charge in [-0.15, -0.1) is 0 Å². The molecular formula is C12H21FN2. The van der Waals surface area contributed by atoms with Crippen LogP contribution in [0.2, 0.25) is 0 Å². The van der Waals surface area contributed by atoms with Crippen LogP contribution in [0.1, 0.15) is 6.42 Å². The molecule has 0 radical (unpaired) electrons. The molecule has 0 aliphatic rings. The van der Waals surface area contributed by atoms with Gasteiger partial charge >= 0.3 is 0 Å². The molecule has 0 aromatic rings. The number of nitrogens with zero attached hydrogens (tertiary/aromatic N) is 1. The Morgan fingerprint density at radius 1 is 1.53 bits per heavy atom. The molecule has 0 rings (SSSR count). The maximum atomic E-state index is 12.9. The molecular weight excluding hydrogens is 191 g/mol. The smallest absolute Gasteiger partial charge is 0.122 e. The minimum absolute atomic E-state index is 0.293. The summed E-state index contributed by atoms with van der Waals surface area (Å²) in [5.41, 5.74) is 0.772. The first kappa shape index (κ1) is 14.1. The second-order valence-electron chi connectivity index (χ2n) is 3.84. The van der Waals surface area contributed by atoms with E-state index in [1.807, 2.05) is 21.1 Å². The van der Waals surface area contributed by atoms with Gasteiger partial charge in [0, 0.05) is 12.6 Å². The van der Waals surface area contributed by atoms with E-state index in [0.717, 1.165) is 18.5 Å². The van der Waals surface area contributed by atoms with Crippen molar-refractivity contribution >= 4 is 0 Å². The van der Waals surface area contributed by atoms with Gasteiger partial charge in [0.05, 0.1) is 0 Å². The van der Waals surface area contributed by atoms with E-state index in [2.05, 4.69) is 23.4 Å². The molecule has 0 spiro atoms. The molecule has 15 heavy (non-hydrogen) atoms. The first-order valence-corrected chi connectivity index (χ1v) is 4.99. The van der Waals surface area contributed by atoms with Crippen molar-refractivity contribution in [1.29, 1.82) is 0 Å². The zero-order valence-corrected chi connectivity index (χ0v) is 9.89. The Kier molecular flexibility index (Phi) is 6.92. The third-order valence-corrected chi connectivity index (χ3v) is 2.04. The quantitative estimate of drug-likeness (QED) is 0.650. The standard InChI is InChI=1S/C12H21FN2/c1-6-11(13)7-10(2)8-12(14-3)9-15(4)5/h6-7,12,14H,1-2,8-9H2,3-5H3/b11-7+. The van der Waals surface area contributed by atoms with Crippen molar-refractivity contribution in [2.75, 3.05) is 27.7 Å². The highest BCUT2D eigenvalue weighted by Crippen LogP contribution is 2.09. The van der Waals surface area contributed by atoms with Crippen LogP contribution in [-0.2, 0) is 0 Å². The lowest BCUT2D eigenvalue weighted by Gasteiger charge is -2.20. The SMILES string of the molecule is C=C/C(F)=C\C(=C)CC(CN(C)C)NC. The van der Waals surface area contributed by atoms with E-state index in [-0.39, 0.29) is 5.83 Å². The van der Waals surface area contributed by atoms with Crippen molar-refractivity contribution in [2.45, 2.75) is 12.5 Å². The van der Waals surface area contributed by atoms with E-state index in [4.69, 9.17) is 0 Å². The van der Waals surface area contributed by atoms with E-state index in [9.17, 15) is 4.39 Å². The first-order chi connectivity index (χ1) is 6.99. The van der Waals surface area contributed by atoms with Crippen LogP contribution in [0.4, 0.5) is 4.39 Å². The highest BCUT2D eigenvalue weighted by molar-refractivity contribution is 5.23. The number of nitrogens with one attached hydrogen (secondary N) is 1. The lowest BCUT2D eigenvalue weighted by molar-refractivity contribution is 0.347. The number of likely N-dealkylation sites (N-methyl/N-ethyl adjacent to an activating group) is 2. The van der Waals surface area contributed by atoms with Gasteiger partial charge in [0.2, 0.25) is 0 Å². The summed E-state index contributed by atoms with van der Waals surface area (Å²) < 4.78 is 12.9. The van der Waals surface area contributed by atoms with E-state index in [1.54, 1.807) is 0 Å². The number of hydrogen-bond donors (Lipinski definition) is 1. The number of halogens is 1. The van der Waals surface area contributed by atoms with Crippen molar-refractivity contribution in [3.05, 3.63) is 36.7 Å². The van der Waals surface area contributed by atoms with Gasteiger partial charge in [-0.1, -0.05) is 18.7 Å². The van der Waals surface area contributed by atoms with Crippen LogP contribution in [0.3, 0.4) is 0 Å². The van der Waals surface area contributed by atoms with Crippen LogP contribution in [0.15, 0.2) is 36.7 Å². The molecule has 0 fully saturated rings. The highest BCUT2D eigenvalue weighted by Gasteiger charge is 2.08. The summed E-state index contributed by atoms with van der Waals surface area (Å²) in [6, 6.07) is 0.293. The average molecular weight is 212 g/mol. The minimum atomic E-state index is -0.334. The molecule has 2 nitrogen and oxygen atoms in total. The number of rotatable bonds is 7. The van der Waals surface area contributed by atoms with Gasteiger partial charge in [-0.3, -0.25) is 0 Å². The van der Waals surface area contributed by atoms with Crippen molar-refractivity contribution < 1.29 is 4.39 Å². The van der Waals surface area contributed by atoms with Crippen molar-refractivity contribution in [3.8, 4) is 0 Å². The van der Waals surface area contributed by atoms with Crippen molar-refractivity contribution in [2.24, 2.45) is 0 Å². The van der Waals surface area contributed by atoms with E-state index in [1.165, 1.54) is 12.2 Å². The van der Waals surface area contributed by atoms with Gasteiger partial charge in [-0.05, 0) is 39.7 Å². The Labute approximate surface area is 92.2 Å². The van der Waals surface area contributed by atoms with Crippen LogP contribution in [-0.4, -0.2) is 38.6 Å². The van der Waals surface area contributed by atoms with Crippen molar-refractivity contribution in [3.63, 3.8) is 0 Å². The molecule has 0 aliphatic heterocycles. The van der Waals surface area contributed by atoms with E-state index in [0.29, 0.717) is 6.04 Å². The normalized spacial score (nSPS) is 14.1. The zero-order valence-electron chi connectivity index (χ0n) is 9.89. The van der Waals surface area contributed by atoms with Crippen LogP contribution in [0.25, 0.3) is 0 Å². The molecule has 0 aliphatic carbocycles. The van der Waals surface area contributed by atoms with Crippen LogP contribution < -0.4 is 5.32 Å². The van der Waals surface area contributed by atoms with Crippen LogP contribution in [0.5, 0.6) is 0 Å². The van der Waals surface area contributed by atoms with Gasteiger partial charge in [0.15, 0.2) is 0 Å².